The van der Waals surface area contributed by atoms with Crippen molar-refractivity contribution >= 4 is 19.8 Å². The van der Waals surface area contributed by atoms with E-state index in [0.29, 0.717) is 13.0 Å². The van der Waals surface area contributed by atoms with Gasteiger partial charge >= 0.3 is 19.8 Å². The van der Waals surface area contributed by atoms with Crippen molar-refractivity contribution in [2.24, 2.45) is 5.73 Å². The van der Waals surface area contributed by atoms with Crippen LogP contribution in [0.2, 0.25) is 0 Å². The van der Waals surface area contributed by atoms with E-state index in [0.717, 1.165) is 128 Å². The molecular formula is C54H86NO9P. The number of esters is 1. The molecule has 0 aliphatic rings. The summed E-state index contributed by atoms with van der Waals surface area (Å²) in [6.07, 6.45) is 67.9. The number of hydrogen-bond acceptors (Lipinski definition) is 8. The minimum absolute atomic E-state index is 0.0207. The number of carboxylic acids is 1. The van der Waals surface area contributed by atoms with Gasteiger partial charge in [0.15, 0.2) is 0 Å². The third kappa shape index (κ3) is 47.9. The summed E-state index contributed by atoms with van der Waals surface area (Å²) in [5.74, 6) is -1.83. The van der Waals surface area contributed by atoms with Crippen LogP contribution >= 0.6 is 7.82 Å². The molecule has 0 aromatic rings. The summed E-state index contributed by atoms with van der Waals surface area (Å²) in [5.41, 5.74) is 5.36. The molecule has 0 radical (unpaired) electrons. The Hall–Kier alpha value is -3.89. The van der Waals surface area contributed by atoms with E-state index in [2.05, 4.69) is 148 Å². The molecule has 0 bridgehead atoms. The Morgan fingerprint density at radius 3 is 1.26 bits per heavy atom. The number of allylic oxidation sites excluding steroid dienone is 22. The molecule has 65 heavy (non-hydrogen) atoms. The second-order valence-electron chi connectivity index (χ2n) is 15.5. The fourth-order valence-electron chi connectivity index (χ4n) is 5.75. The van der Waals surface area contributed by atoms with Crippen LogP contribution < -0.4 is 5.73 Å². The van der Waals surface area contributed by atoms with Crippen molar-refractivity contribution in [3.8, 4) is 0 Å². The number of rotatable bonds is 44. The number of unbranched alkanes of at least 4 members (excludes halogenated alkanes) is 8. The Morgan fingerprint density at radius 1 is 0.492 bits per heavy atom. The highest BCUT2D eigenvalue weighted by Gasteiger charge is 2.27. The average Bonchev–Trinajstić information content (AvgIpc) is 3.29. The molecule has 366 valence electrons. The van der Waals surface area contributed by atoms with Crippen LogP contribution in [0.1, 0.15) is 155 Å². The lowest BCUT2D eigenvalue weighted by Gasteiger charge is -2.20. The molecule has 0 heterocycles. The minimum atomic E-state index is -4.65. The molecule has 0 spiro atoms. The number of aliphatic carboxylic acids is 1. The molecule has 0 fully saturated rings. The van der Waals surface area contributed by atoms with E-state index in [-0.39, 0.29) is 13.0 Å². The number of phosphoric acid groups is 1. The monoisotopic (exact) mass is 924 g/mol. The largest absolute Gasteiger partial charge is 0.480 e. The highest BCUT2D eigenvalue weighted by atomic mass is 31.2. The first-order valence-corrected chi connectivity index (χ1v) is 25.7. The van der Waals surface area contributed by atoms with Gasteiger partial charge in [-0.15, -0.1) is 0 Å². The van der Waals surface area contributed by atoms with Crippen molar-refractivity contribution in [1.82, 2.24) is 0 Å². The normalized spacial score (nSPS) is 14.9. The average molecular weight is 924 g/mol. The smallest absolute Gasteiger partial charge is 0.472 e. The van der Waals surface area contributed by atoms with E-state index in [9.17, 15) is 19.0 Å². The number of nitrogens with two attached hydrogens (primary N) is 1. The summed E-state index contributed by atoms with van der Waals surface area (Å²) < 4.78 is 33.4. The zero-order valence-electron chi connectivity index (χ0n) is 40.0. The van der Waals surface area contributed by atoms with Crippen molar-refractivity contribution < 1.29 is 42.7 Å². The number of hydrogen-bond donors (Lipinski definition) is 3. The van der Waals surface area contributed by atoms with Crippen molar-refractivity contribution in [2.45, 2.75) is 167 Å². The molecule has 0 aromatic heterocycles. The lowest BCUT2D eigenvalue weighted by Crippen LogP contribution is -2.34. The number of phosphoric ester groups is 1. The zero-order chi connectivity index (χ0) is 47.6. The van der Waals surface area contributed by atoms with Gasteiger partial charge in [0, 0.05) is 13.0 Å². The molecule has 0 amide bonds. The SMILES string of the molecule is CC/C=C\C/C=C\C/C=C\C/C=C\C/C=C\C/C=C\CCCCCCCOCC(COP(=O)(O)OCC(N)C(=O)O)OC(=O)CCCCC/C=C\C/C=C\C/C=C\C/C=C\C/C=C\CC. The number of carbonyl (C=O) groups excluding carboxylic acids is 1. The molecule has 0 aliphatic carbocycles. The van der Waals surface area contributed by atoms with Crippen molar-refractivity contribution in [2.75, 3.05) is 26.4 Å². The van der Waals surface area contributed by atoms with Gasteiger partial charge in [-0.05, 0) is 109 Å². The number of ether oxygens (including phenoxy) is 2. The molecule has 3 unspecified atom stereocenters. The van der Waals surface area contributed by atoms with Gasteiger partial charge in [0.05, 0.1) is 19.8 Å². The third-order valence-corrected chi connectivity index (χ3v) is 10.4. The quantitative estimate of drug-likeness (QED) is 0.0233. The van der Waals surface area contributed by atoms with Gasteiger partial charge in [0.25, 0.3) is 0 Å². The van der Waals surface area contributed by atoms with Gasteiger partial charge in [-0.3, -0.25) is 18.6 Å². The van der Waals surface area contributed by atoms with Crippen LogP contribution in [-0.4, -0.2) is 60.5 Å². The van der Waals surface area contributed by atoms with Gasteiger partial charge in [-0.2, -0.15) is 0 Å². The third-order valence-electron chi connectivity index (χ3n) is 9.43. The molecule has 0 aliphatic heterocycles. The molecule has 0 saturated heterocycles. The standard InChI is InChI=1S/C54H86NO9P/c1-3-5-7-9-11-13-15-17-19-21-23-24-25-26-27-29-31-33-35-37-39-41-43-45-47-61-48-51(49-62-65(59,60)63-50-52(55)54(57)58)64-53(56)46-44-42-40-38-36-34-32-30-28-22-20-18-16-14-12-10-8-6-4-2/h5-8,11-14,17-20,23-24,26-28,30-31,33-34,36,51-52H,3-4,9-10,15-16,21-22,25,29,32,35,37-50,55H2,1-2H3,(H,57,58)(H,59,60)/b7-5-,8-6-,13-11-,14-12-,19-17-,20-18-,24-23-,27-26-,30-28-,33-31-,36-34-. The topological polar surface area (TPSA) is 155 Å². The summed E-state index contributed by atoms with van der Waals surface area (Å²) in [5, 5.41) is 8.92. The minimum Gasteiger partial charge on any atom is -0.480 e. The van der Waals surface area contributed by atoms with Gasteiger partial charge in [-0.1, -0.05) is 173 Å². The van der Waals surface area contributed by atoms with Crippen molar-refractivity contribution in [1.29, 1.82) is 0 Å². The Labute approximate surface area is 394 Å². The molecule has 0 saturated carbocycles. The molecule has 4 N–H and O–H groups in total. The lowest BCUT2D eigenvalue weighted by atomic mass is 10.1. The van der Waals surface area contributed by atoms with E-state index < -0.39 is 45.1 Å². The maximum Gasteiger partial charge on any atom is 0.472 e. The zero-order valence-corrected chi connectivity index (χ0v) is 40.9. The van der Waals surface area contributed by atoms with Gasteiger partial charge in [0.1, 0.15) is 12.1 Å². The van der Waals surface area contributed by atoms with Gasteiger partial charge in [0.2, 0.25) is 0 Å². The Balaban J connectivity index is 4.33. The van der Waals surface area contributed by atoms with Crippen LogP contribution in [0.3, 0.4) is 0 Å². The number of carboxylic acid groups (broad SMARTS) is 1. The molecule has 11 heteroatoms. The van der Waals surface area contributed by atoms with Crippen LogP contribution in [0.25, 0.3) is 0 Å². The summed E-state index contributed by atoms with van der Waals surface area (Å²) >= 11 is 0. The van der Waals surface area contributed by atoms with Crippen molar-refractivity contribution in [3.63, 3.8) is 0 Å². The van der Waals surface area contributed by atoms with E-state index in [1.165, 1.54) is 0 Å². The highest BCUT2D eigenvalue weighted by Crippen LogP contribution is 2.43. The Kier molecular flexibility index (Phi) is 45.2. The van der Waals surface area contributed by atoms with Gasteiger partial charge < -0.3 is 25.2 Å². The molecule has 0 aromatic carbocycles. The molecule has 0 rings (SSSR count). The molecular weight excluding hydrogens is 838 g/mol. The Bertz CT molecular complexity index is 1540. The molecule has 10 nitrogen and oxygen atoms in total. The predicted molar refractivity (Wildman–Crippen MR) is 272 cm³/mol. The second kappa shape index (κ2) is 48.1. The molecule has 3 atom stereocenters. The van der Waals surface area contributed by atoms with Crippen LogP contribution in [0.15, 0.2) is 134 Å². The summed E-state index contributed by atoms with van der Waals surface area (Å²) in [6.45, 7) is 3.53. The van der Waals surface area contributed by atoms with E-state index >= 15 is 0 Å². The fourth-order valence-corrected chi connectivity index (χ4v) is 6.53. The lowest BCUT2D eigenvalue weighted by molar-refractivity contribution is -0.154. The fraction of sp³-hybridized carbons (Fsp3) is 0.556. The van der Waals surface area contributed by atoms with Crippen LogP contribution in [-0.2, 0) is 32.7 Å². The maximum absolute atomic E-state index is 12.7. The number of carbonyl (C=O) groups is 2. The van der Waals surface area contributed by atoms with E-state index in [4.69, 9.17) is 29.4 Å². The van der Waals surface area contributed by atoms with Gasteiger partial charge in [-0.25, -0.2) is 4.57 Å². The Morgan fingerprint density at radius 2 is 0.846 bits per heavy atom. The van der Waals surface area contributed by atoms with Crippen LogP contribution in [0.4, 0.5) is 0 Å². The van der Waals surface area contributed by atoms with E-state index in [1.807, 2.05) is 0 Å². The van der Waals surface area contributed by atoms with Crippen molar-refractivity contribution in [3.05, 3.63) is 134 Å². The first kappa shape index (κ1) is 61.1. The predicted octanol–water partition coefficient (Wildman–Crippen LogP) is 14.2. The first-order chi connectivity index (χ1) is 31.7. The summed E-state index contributed by atoms with van der Waals surface area (Å²) in [7, 11) is -4.65. The summed E-state index contributed by atoms with van der Waals surface area (Å²) in [4.78, 5) is 33.7. The second-order valence-corrected chi connectivity index (χ2v) is 16.9. The highest BCUT2D eigenvalue weighted by molar-refractivity contribution is 7.47. The first-order valence-electron chi connectivity index (χ1n) is 24.2. The van der Waals surface area contributed by atoms with Crippen LogP contribution in [0.5, 0.6) is 0 Å². The maximum atomic E-state index is 12.7. The van der Waals surface area contributed by atoms with Crippen LogP contribution in [0, 0.1) is 0 Å². The summed E-state index contributed by atoms with van der Waals surface area (Å²) in [6, 6.07) is -1.49. The van der Waals surface area contributed by atoms with E-state index in [1.54, 1.807) is 0 Å².